The number of hydrogen-bond donors (Lipinski definition) is 1. The van der Waals surface area contributed by atoms with Crippen molar-refractivity contribution < 1.29 is 69.5 Å². The van der Waals surface area contributed by atoms with E-state index in [4.69, 9.17) is 0 Å². The Hall–Kier alpha value is 1.51. The molecule has 1 N–H and O–H groups in total. The van der Waals surface area contributed by atoms with Gasteiger partial charge in [0.2, 0.25) is 0 Å². The minimum absolute atomic E-state index is 0. The van der Waals surface area contributed by atoms with Crippen LogP contribution in [0.3, 0.4) is 0 Å². The summed E-state index contributed by atoms with van der Waals surface area (Å²) in [6, 6.07) is 0. The van der Waals surface area contributed by atoms with Gasteiger partial charge in [-0.1, -0.05) is 52.4 Å². The van der Waals surface area contributed by atoms with Gasteiger partial charge in [0, 0.05) is 5.25 Å². The number of aliphatic hydroxyl groups is 1. The Bertz CT molecular complexity index is 320. The molecule has 0 aromatic heterocycles. The van der Waals surface area contributed by atoms with E-state index in [1.54, 1.807) is 0 Å². The van der Waals surface area contributed by atoms with Crippen LogP contribution in [0.5, 0.6) is 0 Å². The molecule has 0 aromatic rings. The van der Waals surface area contributed by atoms with Crippen LogP contribution in [-0.2, 0) is 10.1 Å². The molecule has 0 heterocycles. The predicted molar refractivity (Wildman–Crippen MR) is 81.6 cm³/mol. The van der Waals surface area contributed by atoms with Crippen LogP contribution in [0.1, 0.15) is 84.5 Å². The van der Waals surface area contributed by atoms with Crippen LogP contribution in [0, 0.1) is 0 Å². The van der Waals surface area contributed by atoms with Crippen LogP contribution in [0.2, 0.25) is 0 Å². The van der Waals surface area contributed by atoms with Gasteiger partial charge in [0.1, 0.15) is 0 Å². The molecule has 0 saturated carbocycles. The number of aliphatic hydroxyl groups excluding tert-OH is 1. The molecule has 0 radical (unpaired) electrons. The first kappa shape index (κ1) is 24.8. The fourth-order valence-corrected chi connectivity index (χ4v) is 3.38. The molecule has 0 aliphatic rings. The molecular formula is C15H31KO4S. The largest absolute Gasteiger partial charge is 1.00 e. The van der Waals surface area contributed by atoms with Crippen LogP contribution < -0.4 is 51.4 Å². The first-order valence-corrected chi connectivity index (χ1v) is 9.51. The third-order valence-electron chi connectivity index (χ3n) is 3.72. The van der Waals surface area contributed by atoms with E-state index in [0.717, 1.165) is 44.9 Å². The summed E-state index contributed by atoms with van der Waals surface area (Å²) in [7, 11) is -4.20. The molecule has 0 aliphatic heterocycles. The van der Waals surface area contributed by atoms with E-state index in [9.17, 15) is 18.1 Å². The second-order valence-electron chi connectivity index (χ2n) is 5.69. The van der Waals surface area contributed by atoms with Crippen molar-refractivity contribution in [3.63, 3.8) is 0 Å². The van der Waals surface area contributed by atoms with Gasteiger partial charge in [-0.15, -0.1) is 0 Å². The normalized spacial score (nSPS) is 14.5. The number of unbranched alkanes of at least 4 members (excludes halogenated alkanes) is 4. The third-order valence-corrected chi connectivity index (χ3v) is 5.01. The molecule has 0 aliphatic carbocycles. The number of hydrogen-bond acceptors (Lipinski definition) is 4. The zero-order chi connectivity index (χ0) is 15.4. The smallest absolute Gasteiger partial charge is 0.748 e. The van der Waals surface area contributed by atoms with E-state index in [1.165, 1.54) is 0 Å². The molecule has 0 aromatic carbocycles. The first-order chi connectivity index (χ1) is 9.41. The minimum Gasteiger partial charge on any atom is -0.748 e. The van der Waals surface area contributed by atoms with Gasteiger partial charge in [-0.2, -0.15) is 0 Å². The van der Waals surface area contributed by atoms with E-state index in [0.29, 0.717) is 25.7 Å². The van der Waals surface area contributed by atoms with E-state index in [-0.39, 0.29) is 57.5 Å². The van der Waals surface area contributed by atoms with Crippen molar-refractivity contribution in [2.45, 2.75) is 95.8 Å². The quantitative estimate of drug-likeness (QED) is 0.301. The van der Waals surface area contributed by atoms with Crippen molar-refractivity contribution >= 4 is 10.1 Å². The molecule has 0 bridgehead atoms. The predicted octanol–water partition coefficient (Wildman–Crippen LogP) is 0.596. The Kier molecular flexibility index (Phi) is 17.8. The van der Waals surface area contributed by atoms with Crippen LogP contribution >= 0.6 is 0 Å². The number of rotatable bonds is 13. The topological polar surface area (TPSA) is 77.4 Å². The molecule has 0 saturated heterocycles. The summed E-state index contributed by atoms with van der Waals surface area (Å²) in [5.74, 6) is 0. The Balaban J connectivity index is 0. The van der Waals surface area contributed by atoms with Crippen molar-refractivity contribution in [1.29, 1.82) is 0 Å². The van der Waals surface area contributed by atoms with E-state index >= 15 is 0 Å². The molecule has 2 atom stereocenters. The van der Waals surface area contributed by atoms with Crippen LogP contribution in [0.25, 0.3) is 0 Å². The van der Waals surface area contributed by atoms with Crippen LogP contribution in [-0.4, -0.2) is 29.4 Å². The third kappa shape index (κ3) is 14.8. The molecule has 6 heteroatoms. The SMILES string of the molecule is CCCCCCCC(CCCC(O)CCC)S(=O)(=O)[O-].[K+]. The maximum Gasteiger partial charge on any atom is 1.00 e. The summed E-state index contributed by atoms with van der Waals surface area (Å²) >= 11 is 0. The van der Waals surface area contributed by atoms with Gasteiger partial charge in [0.15, 0.2) is 0 Å². The monoisotopic (exact) mass is 346 g/mol. The standard InChI is InChI=1S/C15H32O4S.K/c1-3-5-6-7-8-12-15(20(17,18)19)13-9-11-14(16)10-4-2;/h14-16H,3-13H2,1-2H3,(H,17,18,19);/q;+1/p-1. The summed E-state index contributed by atoms with van der Waals surface area (Å²) in [5.41, 5.74) is 0. The second kappa shape index (κ2) is 15.1. The Morgan fingerprint density at radius 2 is 1.43 bits per heavy atom. The van der Waals surface area contributed by atoms with Gasteiger partial charge in [-0.3, -0.25) is 0 Å². The maximum atomic E-state index is 11.2. The molecule has 4 nitrogen and oxygen atoms in total. The van der Waals surface area contributed by atoms with Gasteiger partial charge >= 0.3 is 51.4 Å². The zero-order valence-electron chi connectivity index (χ0n) is 14.0. The minimum atomic E-state index is -4.20. The zero-order valence-corrected chi connectivity index (χ0v) is 18.0. The van der Waals surface area contributed by atoms with Crippen LogP contribution in [0.4, 0.5) is 0 Å². The Morgan fingerprint density at radius 3 is 1.95 bits per heavy atom. The van der Waals surface area contributed by atoms with Crippen molar-refractivity contribution in [3.8, 4) is 0 Å². The summed E-state index contributed by atoms with van der Waals surface area (Å²) in [6.07, 6.45) is 8.60. The maximum absolute atomic E-state index is 11.2. The molecule has 0 rings (SSSR count). The molecule has 0 spiro atoms. The van der Waals surface area contributed by atoms with Gasteiger partial charge in [0.25, 0.3) is 0 Å². The van der Waals surface area contributed by atoms with Gasteiger partial charge in [-0.25, -0.2) is 8.42 Å². The molecule has 2 unspecified atom stereocenters. The van der Waals surface area contributed by atoms with Crippen molar-refractivity contribution in [2.24, 2.45) is 0 Å². The van der Waals surface area contributed by atoms with Crippen molar-refractivity contribution in [1.82, 2.24) is 0 Å². The average Bonchev–Trinajstić information content (AvgIpc) is 2.35. The molecule has 21 heavy (non-hydrogen) atoms. The van der Waals surface area contributed by atoms with Crippen molar-refractivity contribution in [2.75, 3.05) is 0 Å². The fourth-order valence-electron chi connectivity index (χ4n) is 2.47. The summed E-state index contributed by atoms with van der Waals surface area (Å²) in [6.45, 7) is 4.14. The van der Waals surface area contributed by atoms with Gasteiger partial charge < -0.3 is 9.66 Å². The Labute approximate surface area is 173 Å². The average molecular weight is 347 g/mol. The van der Waals surface area contributed by atoms with Gasteiger partial charge in [-0.05, 0) is 32.1 Å². The molecule has 122 valence electrons. The molecular weight excluding hydrogens is 315 g/mol. The van der Waals surface area contributed by atoms with E-state index in [1.807, 2.05) is 6.92 Å². The summed E-state index contributed by atoms with van der Waals surface area (Å²) in [4.78, 5) is 0. The molecule has 0 amide bonds. The fraction of sp³-hybridized carbons (Fsp3) is 1.00. The first-order valence-electron chi connectivity index (χ1n) is 8.04. The molecule has 0 fully saturated rings. The van der Waals surface area contributed by atoms with Crippen LogP contribution in [0.15, 0.2) is 0 Å². The summed E-state index contributed by atoms with van der Waals surface area (Å²) < 4.78 is 33.7. The van der Waals surface area contributed by atoms with Crippen molar-refractivity contribution in [3.05, 3.63) is 0 Å². The second-order valence-corrected chi connectivity index (χ2v) is 7.34. The van der Waals surface area contributed by atoms with Gasteiger partial charge in [0.05, 0.1) is 16.2 Å². The summed E-state index contributed by atoms with van der Waals surface area (Å²) in [5, 5.41) is 8.84. The van der Waals surface area contributed by atoms with E-state index in [2.05, 4.69) is 6.92 Å². The van der Waals surface area contributed by atoms with E-state index < -0.39 is 15.4 Å². The Morgan fingerprint density at radius 1 is 0.857 bits per heavy atom.